The van der Waals surface area contributed by atoms with E-state index in [1.54, 1.807) is 0 Å². The number of esters is 1. The zero-order valence-electron chi connectivity index (χ0n) is 11.9. The fourth-order valence-electron chi connectivity index (χ4n) is 2.67. The highest BCUT2D eigenvalue weighted by Crippen LogP contribution is 2.25. The molecule has 0 spiro atoms. The van der Waals surface area contributed by atoms with E-state index in [0.717, 1.165) is 4.90 Å². The topological polar surface area (TPSA) is 105 Å². The molecular weight excluding hydrogens is 278 g/mol. The lowest BCUT2D eigenvalue weighted by atomic mass is 9.86. The minimum atomic E-state index is -0.537. The summed E-state index contributed by atoms with van der Waals surface area (Å²) < 4.78 is 4.70. The van der Waals surface area contributed by atoms with Crippen LogP contribution in [0.3, 0.4) is 0 Å². The van der Waals surface area contributed by atoms with Gasteiger partial charge in [0, 0.05) is 6.04 Å². The number of carbonyl (C=O) groups is 4. The summed E-state index contributed by atoms with van der Waals surface area (Å²) in [4.78, 5) is 46.9. The molecule has 4 amide bonds. The fraction of sp³-hybridized carbons (Fsp3) is 0.692. The first-order valence-electron chi connectivity index (χ1n) is 6.96. The van der Waals surface area contributed by atoms with Gasteiger partial charge in [-0.1, -0.05) is 0 Å². The molecule has 0 bridgehead atoms. The molecule has 2 N–H and O–H groups in total. The average Bonchev–Trinajstić information content (AvgIpc) is 2.79. The number of rotatable bonds is 4. The summed E-state index contributed by atoms with van der Waals surface area (Å²) in [6.45, 7) is -0.321. The molecule has 1 heterocycles. The second-order valence-electron chi connectivity index (χ2n) is 5.28. The van der Waals surface area contributed by atoms with E-state index >= 15 is 0 Å². The van der Waals surface area contributed by atoms with Gasteiger partial charge in [0.15, 0.2) is 0 Å². The van der Waals surface area contributed by atoms with Gasteiger partial charge in [-0.15, -0.1) is 0 Å². The predicted octanol–water partition coefficient (Wildman–Crippen LogP) is -0.614. The molecule has 21 heavy (non-hydrogen) atoms. The number of methoxy groups -OCH3 is 1. The Hall–Kier alpha value is -2.12. The molecule has 0 radical (unpaired) electrons. The molecule has 0 atom stereocenters. The molecule has 0 aromatic heterocycles. The standard InChI is InChI=1S/C13H19N3O5/c1-21-12(19)8-2-4-9(5-3-8)15-10(17)7-16-11(18)6-14-13(16)20/h8-9H,2-7H2,1H3,(H,14,20)(H,15,17). The number of ether oxygens (including phenoxy) is 1. The highest BCUT2D eigenvalue weighted by atomic mass is 16.5. The minimum Gasteiger partial charge on any atom is -0.469 e. The van der Waals surface area contributed by atoms with Gasteiger partial charge in [0.1, 0.15) is 6.54 Å². The van der Waals surface area contributed by atoms with Gasteiger partial charge in [-0.05, 0) is 25.7 Å². The first-order valence-corrected chi connectivity index (χ1v) is 6.96. The number of amides is 4. The Balaban J connectivity index is 1.76. The second kappa shape index (κ2) is 6.55. The van der Waals surface area contributed by atoms with E-state index in [4.69, 9.17) is 4.74 Å². The van der Waals surface area contributed by atoms with Crippen LogP contribution in [0.5, 0.6) is 0 Å². The summed E-state index contributed by atoms with van der Waals surface area (Å²) in [5, 5.41) is 5.16. The number of carbonyl (C=O) groups excluding carboxylic acids is 4. The zero-order valence-corrected chi connectivity index (χ0v) is 11.9. The lowest BCUT2D eigenvalue weighted by Gasteiger charge is -2.28. The lowest BCUT2D eigenvalue weighted by molar-refractivity contribution is -0.146. The third-order valence-electron chi connectivity index (χ3n) is 3.87. The largest absolute Gasteiger partial charge is 0.469 e. The van der Waals surface area contributed by atoms with Gasteiger partial charge in [-0.3, -0.25) is 19.3 Å². The van der Waals surface area contributed by atoms with E-state index in [1.165, 1.54) is 7.11 Å². The molecule has 0 aromatic carbocycles. The average molecular weight is 297 g/mol. The van der Waals surface area contributed by atoms with Crippen molar-refractivity contribution in [3.63, 3.8) is 0 Å². The van der Waals surface area contributed by atoms with Gasteiger partial charge in [0.05, 0.1) is 19.6 Å². The van der Waals surface area contributed by atoms with Crippen LogP contribution in [0.2, 0.25) is 0 Å². The summed E-state index contributed by atoms with van der Waals surface area (Å²) in [5.41, 5.74) is 0. The van der Waals surface area contributed by atoms with Crippen LogP contribution >= 0.6 is 0 Å². The van der Waals surface area contributed by atoms with Crippen molar-refractivity contribution in [2.24, 2.45) is 5.92 Å². The molecule has 2 fully saturated rings. The first-order chi connectivity index (χ1) is 10.0. The summed E-state index contributed by atoms with van der Waals surface area (Å²) in [6.07, 6.45) is 2.71. The summed E-state index contributed by atoms with van der Waals surface area (Å²) in [5.74, 6) is -1.07. The van der Waals surface area contributed by atoms with E-state index in [2.05, 4.69) is 10.6 Å². The SMILES string of the molecule is COC(=O)C1CCC(NC(=O)CN2C(=O)CNC2=O)CC1. The molecule has 116 valence electrons. The number of nitrogens with one attached hydrogen (secondary N) is 2. The van der Waals surface area contributed by atoms with Crippen molar-refractivity contribution in [1.82, 2.24) is 15.5 Å². The van der Waals surface area contributed by atoms with Crippen LogP contribution in [-0.4, -0.2) is 55.0 Å². The highest BCUT2D eigenvalue weighted by Gasteiger charge is 2.32. The zero-order chi connectivity index (χ0) is 15.4. The van der Waals surface area contributed by atoms with Gasteiger partial charge in [0.2, 0.25) is 5.91 Å². The molecule has 0 aromatic rings. The molecule has 2 aliphatic rings. The van der Waals surface area contributed by atoms with Crippen LogP contribution in [0, 0.1) is 5.92 Å². The maximum atomic E-state index is 11.9. The van der Waals surface area contributed by atoms with Gasteiger partial charge in [0.25, 0.3) is 5.91 Å². The quantitative estimate of drug-likeness (QED) is 0.532. The van der Waals surface area contributed by atoms with Crippen LogP contribution in [0.15, 0.2) is 0 Å². The van der Waals surface area contributed by atoms with Crippen molar-refractivity contribution in [2.45, 2.75) is 31.7 Å². The maximum Gasteiger partial charge on any atom is 0.325 e. The fourth-order valence-corrected chi connectivity index (χ4v) is 2.67. The summed E-state index contributed by atoms with van der Waals surface area (Å²) >= 11 is 0. The molecular formula is C13H19N3O5. The second-order valence-corrected chi connectivity index (χ2v) is 5.28. The van der Waals surface area contributed by atoms with E-state index in [9.17, 15) is 19.2 Å². The predicted molar refractivity (Wildman–Crippen MR) is 71.0 cm³/mol. The number of hydrogen-bond acceptors (Lipinski definition) is 5. The normalized spacial score (nSPS) is 25.5. The Labute approximate surface area is 122 Å². The van der Waals surface area contributed by atoms with Gasteiger partial charge in [-0.2, -0.15) is 0 Å². The van der Waals surface area contributed by atoms with Crippen LogP contribution in [0.4, 0.5) is 4.79 Å². The molecule has 8 heteroatoms. The molecule has 0 unspecified atom stereocenters. The Kier molecular flexibility index (Phi) is 4.77. The third-order valence-corrected chi connectivity index (χ3v) is 3.87. The molecule has 1 aliphatic heterocycles. The Morgan fingerprint density at radius 2 is 1.95 bits per heavy atom. The minimum absolute atomic E-state index is 0.0285. The van der Waals surface area contributed by atoms with Crippen molar-refractivity contribution in [1.29, 1.82) is 0 Å². The van der Waals surface area contributed by atoms with Crippen molar-refractivity contribution < 1.29 is 23.9 Å². The van der Waals surface area contributed by atoms with E-state index in [0.29, 0.717) is 25.7 Å². The molecule has 1 aliphatic carbocycles. The third kappa shape index (κ3) is 3.71. The molecule has 1 saturated heterocycles. The highest BCUT2D eigenvalue weighted by molar-refractivity contribution is 6.04. The van der Waals surface area contributed by atoms with E-state index in [-0.39, 0.29) is 36.9 Å². The molecule has 2 rings (SSSR count). The monoisotopic (exact) mass is 297 g/mol. The van der Waals surface area contributed by atoms with Gasteiger partial charge >= 0.3 is 12.0 Å². The van der Waals surface area contributed by atoms with E-state index in [1.807, 2.05) is 0 Å². The Bertz CT molecular complexity index is 441. The first kappa shape index (κ1) is 15.3. The van der Waals surface area contributed by atoms with Crippen LogP contribution in [0.25, 0.3) is 0 Å². The van der Waals surface area contributed by atoms with Gasteiger partial charge < -0.3 is 15.4 Å². The molecule has 1 saturated carbocycles. The Morgan fingerprint density at radius 1 is 1.29 bits per heavy atom. The Morgan fingerprint density at radius 3 is 2.48 bits per heavy atom. The smallest absolute Gasteiger partial charge is 0.325 e. The number of imide groups is 1. The summed E-state index contributed by atoms with van der Waals surface area (Å²) in [6, 6.07) is -0.566. The number of urea groups is 1. The maximum absolute atomic E-state index is 11.9. The van der Waals surface area contributed by atoms with Crippen molar-refractivity contribution in [2.75, 3.05) is 20.2 Å². The van der Waals surface area contributed by atoms with Crippen LogP contribution in [-0.2, 0) is 19.1 Å². The number of hydrogen-bond donors (Lipinski definition) is 2. The number of nitrogens with zero attached hydrogens (tertiary/aromatic N) is 1. The van der Waals surface area contributed by atoms with Crippen LogP contribution < -0.4 is 10.6 Å². The van der Waals surface area contributed by atoms with Crippen LogP contribution in [0.1, 0.15) is 25.7 Å². The van der Waals surface area contributed by atoms with E-state index < -0.39 is 11.9 Å². The van der Waals surface area contributed by atoms with Crippen molar-refractivity contribution >= 4 is 23.8 Å². The molecule has 8 nitrogen and oxygen atoms in total. The van der Waals surface area contributed by atoms with Crippen molar-refractivity contribution in [3.05, 3.63) is 0 Å². The lowest BCUT2D eigenvalue weighted by Crippen LogP contribution is -2.45. The van der Waals surface area contributed by atoms with Crippen molar-refractivity contribution in [3.8, 4) is 0 Å². The van der Waals surface area contributed by atoms with Gasteiger partial charge in [-0.25, -0.2) is 4.79 Å². The summed E-state index contributed by atoms with van der Waals surface area (Å²) in [7, 11) is 1.37.